The number of nitriles is 1. The Kier molecular flexibility index (Phi) is 2.29. The van der Waals surface area contributed by atoms with Crippen molar-refractivity contribution in [2.45, 2.75) is 0 Å². The molecular weight excluding hydrogens is 96.0 g/mol. The molecule has 0 aliphatic heterocycles. The lowest BCUT2D eigenvalue weighted by Crippen LogP contribution is -1.92. The van der Waals surface area contributed by atoms with Gasteiger partial charge in [0.05, 0.1) is 0 Å². The van der Waals surface area contributed by atoms with E-state index < -0.39 is 5.71 Å². The third-order valence-corrected chi connectivity index (χ3v) is 0.303. The van der Waals surface area contributed by atoms with Crippen LogP contribution < -0.4 is 0 Å². The zero-order chi connectivity index (χ0) is 5.70. The van der Waals surface area contributed by atoms with Crippen LogP contribution in [0.3, 0.4) is 0 Å². The third kappa shape index (κ3) is 1.49. The van der Waals surface area contributed by atoms with Crippen LogP contribution in [0.5, 0.6) is 0 Å². The Morgan fingerprint density at radius 2 is 2.43 bits per heavy atom. The molecule has 7 heavy (non-hydrogen) atoms. The van der Waals surface area contributed by atoms with Gasteiger partial charge in [-0.25, -0.2) is 0 Å². The van der Waals surface area contributed by atoms with Crippen molar-refractivity contribution in [2.24, 2.45) is 5.16 Å². The van der Waals surface area contributed by atoms with Gasteiger partial charge in [0.15, 0.2) is 0 Å². The quantitative estimate of drug-likeness (QED) is 0.271. The lowest BCUT2D eigenvalue weighted by Gasteiger charge is -1.67. The van der Waals surface area contributed by atoms with Crippen molar-refractivity contribution in [2.75, 3.05) is 0 Å². The highest BCUT2D eigenvalue weighted by Gasteiger charge is 1.90. The van der Waals surface area contributed by atoms with Gasteiger partial charge >= 0.3 is 0 Å². The van der Waals surface area contributed by atoms with Crippen LogP contribution in [0.15, 0.2) is 5.16 Å². The lowest BCUT2D eigenvalue weighted by atomic mass is 10.5. The first kappa shape index (κ1) is 5.63. The standard InChI is InChI=1S/C3HN2O2/c4-1-3(2-6)5-7/h7H/b5-3-. The Labute approximate surface area is 39.7 Å². The van der Waals surface area contributed by atoms with Crippen molar-refractivity contribution in [3.05, 3.63) is 0 Å². The Hall–Kier alpha value is -1.37. The maximum atomic E-state index is 9.33. The highest BCUT2D eigenvalue weighted by Crippen LogP contribution is 1.62. The predicted octanol–water partition coefficient (Wildman–Crippen LogP) is -0.550. The molecule has 0 spiro atoms. The number of rotatable bonds is 1. The van der Waals surface area contributed by atoms with Crippen molar-refractivity contribution in [3.63, 3.8) is 0 Å². The molecule has 0 fully saturated rings. The van der Waals surface area contributed by atoms with E-state index in [1.165, 1.54) is 6.07 Å². The minimum Gasteiger partial charge on any atom is -0.410 e. The summed E-state index contributed by atoms with van der Waals surface area (Å²) in [5.41, 5.74) is -0.639. The second kappa shape index (κ2) is 2.85. The molecule has 0 aromatic heterocycles. The second-order valence-electron chi connectivity index (χ2n) is 0.662. The smallest absolute Gasteiger partial charge is 0.268 e. The molecule has 1 radical (unpaired) electrons. The third-order valence-electron chi connectivity index (χ3n) is 0.303. The topological polar surface area (TPSA) is 73.5 Å². The number of nitrogens with zero attached hydrogens (tertiary/aromatic N) is 2. The minimum atomic E-state index is -0.639. The van der Waals surface area contributed by atoms with Crippen molar-refractivity contribution in [3.8, 4) is 6.07 Å². The van der Waals surface area contributed by atoms with Gasteiger partial charge < -0.3 is 5.21 Å². The van der Waals surface area contributed by atoms with E-state index >= 15 is 0 Å². The van der Waals surface area contributed by atoms with Gasteiger partial charge in [-0.3, -0.25) is 4.79 Å². The molecule has 4 heteroatoms. The largest absolute Gasteiger partial charge is 0.410 e. The molecule has 1 N–H and O–H groups in total. The molecule has 0 amide bonds. The van der Waals surface area contributed by atoms with Gasteiger partial charge in [0.1, 0.15) is 6.07 Å². The Morgan fingerprint density at radius 3 is 2.43 bits per heavy atom. The summed E-state index contributed by atoms with van der Waals surface area (Å²) in [7, 11) is 0. The molecule has 0 aliphatic rings. The molecule has 35 valence electrons. The van der Waals surface area contributed by atoms with E-state index in [0.717, 1.165) is 6.29 Å². The van der Waals surface area contributed by atoms with Crippen molar-refractivity contribution < 1.29 is 10.0 Å². The SMILES string of the molecule is N#C/C([C]=O)=N/O. The van der Waals surface area contributed by atoms with Gasteiger partial charge in [-0.05, 0) is 0 Å². The fourth-order valence-electron chi connectivity index (χ4n) is 0.0656. The second-order valence-corrected chi connectivity index (χ2v) is 0.662. The molecule has 0 saturated heterocycles. The zero-order valence-electron chi connectivity index (χ0n) is 3.25. The van der Waals surface area contributed by atoms with Gasteiger partial charge in [0, 0.05) is 0 Å². The molecule has 0 aliphatic carbocycles. The van der Waals surface area contributed by atoms with E-state index in [1.807, 2.05) is 0 Å². The van der Waals surface area contributed by atoms with Gasteiger partial charge in [-0.2, -0.15) is 5.26 Å². The summed E-state index contributed by atoms with van der Waals surface area (Å²) in [4.78, 5) is 9.33. The van der Waals surface area contributed by atoms with Crippen molar-refractivity contribution in [1.29, 1.82) is 5.26 Å². The van der Waals surface area contributed by atoms with E-state index in [1.54, 1.807) is 0 Å². The normalized spacial score (nSPS) is 9.86. The highest BCUT2D eigenvalue weighted by molar-refractivity contribution is 6.35. The summed E-state index contributed by atoms with van der Waals surface area (Å²) in [6, 6.07) is 1.28. The summed E-state index contributed by atoms with van der Waals surface area (Å²) in [5.74, 6) is 0. The van der Waals surface area contributed by atoms with Gasteiger partial charge in [0.25, 0.3) is 6.29 Å². The highest BCUT2D eigenvalue weighted by atomic mass is 16.4. The Balaban J connectivity index is 3.94. The van der Waals surface area contributed by atoms with E-state index in [0.29, 0.717) is 0 Å². The first-order chi connectivity index (χ1) is 3.35. The monoisotopic (exact) mass is 97.0 g/mol. The lowest BCUT2D eigenvalue weighted by molar-refractivity contribution is 0.320. The molecule has 0 rings (SSSR count). The molecule has 0 bridgehead atoms. The number of carbonyl (C=O) groups excluding carboxylic acids is 1. The van der Waals surface area contributed by atoms with Crippen LogP contribution in [-0.2, 0) is 4.79 Å². The first-order valence-corrected chi connectivity index (χ1v) is 1.35. The molecule has 0 saturated carbocycles. The zero-order valence-corrected chi connectivity index (χ0v) is 3.25. The van der Waals surface area contributed by atoms with Crippen LogP contribution >= 0.6 is 0 Å². The molecule has 4 nitrogen and oxygen atoms in total. The molecule has 0 aromatic rings. The molecule has 0 unspecified atom stereocenters. The van der Waals surface area contributed by atoms with Crippen LogP contribution in [0.25, 0.3) is 0 Å². The summed E-state index contributed by atoms with van der Waals surface area (Å²) >= 11 is 0. The van der Waals surface area contributed by atoms with Crippen LogP contribution in [0.4, 0.5) is 0 Å². The van der Waals surface area contributed by atoms with E-state index in [2.05, 4.69) is 5.16 Å². The number of oxime groups is 1. The first-order valence-electron chi connectivity index (χ1n) is 1.35. The molecule has 0 heterocycles. The van der Waals surface area contributed by atoms with E-state index in [9.17, 15) is 4.79 Å². The van der Waals surface area contributed by atoms with Crippen LogP contribution in [0.2, 0.25) is 0 Å². The average Bonchev–Trinajstić information content (AvgIpc) is 1.72. The fourth-order valence-corrected chi connectivity index (χ4v) is 0.0656. The van der Waals surface area contributed by atoms with Crippen molar-refractivity contribution >= 4 is 12.0 Å². The van der Waals surface area contributed by atoms with Crippen molar-refractivity contribution in [1.82, 2.24) is 0 Å². The molecular formula is C3HN2O2. The Morgan fingerprint density at radius 1 is 1.86 bits per heavy atom. The maximum Gasteiger partial charge on any atom is 0.268 e. The van der Waals surface area contributed by atoms with Crippen LogP contribution in [0, 0.1) is 11.3 Å². The summed E-state index contributed by atoms with van der Waals surface area (Å²) < 4.78 is 0. The van der Waals surface area contributed by atoms with Gasteiger partial charge in [-0.1, -0.05) is 5.16 Å². The fraction of sp³-hybridized carbons (Fsp3) is 0. The summed E-state index contributed by atoms with van der Waals surface area (Å²) in [6.45, 7) is 0. The van der Waals surface area contributed by atoms with E-state index in [4.69, 9.17) is 10.5 Å². The Bertz CT molecular complexity index is 132. The summed E-state index contributed by atoms with van der Waals surface area (Å²) in [6.07, 6.45) is 1.09. The van der Waals surface area contributed by atoms with E-state index in [-0.39, 0.29) is 0 Å². The molecule has 0 atom stereocenters. The van der Waals surface area contributed by atoms with Crippen LogP contribution in [0.1, 0.15) is 0 Å². The van der Waals surface area contributed by atoms with Crippen LogP contribution in [-0.4, -0.2) is 17.2 Å². The number of hydrogen-bond donors (Lipinski definition) is 1. The van der Waals surface area contributed by atoms with Gasteiger partial charge in [-0.15, -0.1) is 0 Å². The minimum absolute atomic E-state index is 0.639. The predicted molar refractivity (Wildman–Crippen MR) is 20.5 cm³/mol. The average molecular weight is 97.1 g/mol. The summed E-state index contributed by atoms with van der Waals surface area (Å²) in [5, 5.41) is 17.6. The van der Waals surface area contributed by atoms with Gasteiger partial charge in [0.2, 0.25) is 5.71 Å². The number of hydrogen-bond acceptors (Lipinski definition) is 4. The molecule has 0 aromatic carbocycles. The maximum absolute atomic E-state index is 9.33.